The number of nitrogens with one attached hydrogen (secondary N) is 2. The summed E-state index contributed by atoms with van der Waals surface area (Å²) in [5.41, 5.74) is 0. The number of benzene rings is 1. The number of carbonyl (C=O) groups is 1. The number of aromatic amines is 1. The summed E-state index contributed by atoms with van der Waals surface area (Å²) in [4.78, 5) is 11.6. The van der Waals surface area contributed by atoms with Crippen LogP contribution in [0.4, 0.5) is 0 Å². The Morgan fingerprint density at radius 1 is 1.42 bits per heavy atom. The van der Waals surface area contributed by atoms with Crippen molar-refractivity contribution in [1.82, 2.24) is 25.9 Å². The Kier molecular flexibility index (Phi) is 2.97. The fourth-order valence-electron chi connectivity index (χ4n) is 1.71. The van der Waals surface area contributed by atoms with Crippen molar-refractivity contribution < 1.29 is 14.3 Å². The van der Waals surface area contributed by atoms with Gasteiger partial charge in [-0.2, -0.15) is 5.21 Å². The minimum absolute atomic E-state index is 0.00266. The third-order valence-corrected chi connectivity index (χ3v) is 2.61. The topological polar surface area (TPSA) is 102 Å². The van der Waals surface area contributed by atoms with Gasteiger partial charge < -0.3 is 14.8 Å². The first-order valence-electron chi connectivity index (χ1n) is 5.73. The number of hydrogen-bond donors (Lipinski definition) is 2. The van der Waals surface area contributed by atoms with Crippen LogP contribution in [-0.4, -0.2) is 45.8 Å². The highest BCUT2D eigenvalue weighted by atomic mass is 16.6. The van der Waals surface area contributed by atoms with Crippen LogP contribution in [0.1, 0.15) is 10.6 Å². The molecule has 8 nitrogen and oxygen atoms in total. The molecule has 19 heavy (non-hydrogen) atoms. The Morgan fingerprint density at radius 2 is 2.26 bits per heavy atom. The molecule has 98 valence electrons. The standard InChI is InChI=1S/C11H11N5O3/c17-11(10-13-15-16-14-10)12-5-7-6-18-8-3-1-2-4-9(8)19-7/h1-4,7H,5-6H2,(H,12,17)(H,13,14,15,16). The molecule has 2 heterocycles. The lowest BCUT2D eigenvalue weighted by molar-refractivity contribution is 0.0783. The number of carbonyl (C=O) groups excluding carboxylic acids is 1. The normalized spacial score (nSPS) is 16.9. The lowest BCUT2D eigenvalue weighted by Gasteiger charge is -2.26. The van der Waals surface area contributed by atoms with E-state index in [0.717, 1.165) is 0 Å². The molecule has 1 aromatic heterocycles. The first-order chi connectivity index (χ1) is 9.33. The summed E-state index contributed by atoms with van der Waals surface area (Å²) in [7, 11) is 0. The molecule has 0 saturated carbocycles. The van der Waals surface area contributed by atoms with E-state index < -0.39 is 5.91 Å². The second-order valence-electron chi connectivity index (χ2n) is 3.94. The van der Waals surface area contributed by atoms with Crippen LogP contribution in [-0.2, 0) is 0 Å². The second-order valence-corrected chi connectivity index (χ2v) is 3.94. The van der Waals surface area contributed by atoms with E-state index in [1.165, 1.54) is 0 Å². The average molecular weight is 261 g/mol. The summed E-state index contributed by atoms with van der Waals surface area (Å²) in [5, 5.41) is 15.4. The minimum atomic E-state index is -0.406. The van der Waals surface area contributed by atoms with Crippen molar-refractivity contribution in [3.8, 4) is 11.5 Å². The van der Waals surface area contributed by atoms with Crippen molar-refractivity contribution in [3.63, 3.8) is 0 Å². The summed E-state index contributed by atoms with van der Waals surface area (Å²) in [6, 6.07) is 7.40. The molecule has 1 atom stereocenters. The Balaban J connectivity index is 1.57. The molecule has 0 radical (unpaired) electrons. The van der Waals surface area contributed by atoms with Crippen molar-refractivity contribution >= 4 is 5.91 Å². The summed E-state index contributed by atoms with van der Waals surface area (Å²) in [6.45, 7) is 0.686. The molecule has 0 fully saturated rings. The van der Waals surface area contributed by atoms with Crippen molar-refractivity contribution in [3.05, 3.63) is 30.1 Å². The molecular formula is C11H11N5O3. The molecule has 8 heteroatoms. The third-order valence-electron chi connectivity index (χ3n) is 2.61. The maximum Gasteiger partial charge on any atom is 0.293 e. The molecule has 1 amide bonds. The number of hydrogen-bond acceptors (Lipinski definition) is 6. The van der Waals surface area contributed by atoms with Gasteiger partial charge in [0.25, 0.3) is 11.7 Å². The number of para-hydroxylation sites is 2. The van der Waals surface area contributed by atoms with Crippen LogP contribution in [0.2, 0.25) is 0 Å². The molecule has 1 aromatic carbocycles. The van der Waals surface area contributed by atoms with Gasteiger partial charge in [-0.05, 0) is 17.3 Å². The van der Waals surface area contributed by atoms with Gasteiger partial charge in [-0.1, -0.05) is 12.1 Å². The minimum Gasteiger partial charge on any atom is -0.486 e. The zero-order valence-corrected chi connectivity index (χ0v) is 9.87. The molecule has 2 N–H and O–H groups in total. The van der Waals surface area contributed by atoms with E-state index in [2.05, 4.69) is 25.9 Å². The molecule has 2 aromatic rings. The largest absolute Gasteiger partial charge is 0.486 e. The van der Waals surface area contributed by atoms with E-state index in [0.29, 0.717) is 24.7 Å². The molecule has 0 aliphatic carbocycles. The fourth-order valence-corrected chi connectivity index (χ4v) is 1.71. The number of amides is 1. The monoisotopic (exact) mass is 261 g/mol. The molecule has 0 spiro atoms. The Labute approximate surface area is 108 Å². The number of tetrazole rings is 1. The smallest absolute Gasteiger partial charge is 0.293 e. The lowest BCUT2D eigenvalue weighted by atomic mass is 10.2. The van der Waals surface area contributed by atoms with E-state index >= 15 is 0 Å². The third kappa shape index (κ3) is 2.46. The van der Waals surface area contributed by atoms with Crippen molar-refractivity contribution in [2.24, 2.45) is 0 Å². The van der Waals surface area contributed by atoms with Gasteiger partial charge >= 0.3 is 0 Å². The van der Waals surface area contributed by atoms with Crippen LogP contribution < -0.4 is 14.8 Å². The number of aromatic nitrogens is 4. The van der Waals surface area contributed by atoms with Gasteiger partial charge in [0.2, 0.25) is 0 Å². The first-order valence-corrected chi connectivity index (χ1v) is 5.73. The number of nitrogens with zero attached hydrogens (tertiary/aromatic N) is 3. The highest BCUT2D eigenvalue weighted by Crippen LogP contribution is 2.30. The Morgan fingerprint density at radius 3 is 3.05 bits per heavy atom. The van der Waals surface area contributed by atoms with E-state index in [1.807, 2.05) is 24.3 Å². The first kappa shape index (κ1) is 11.5. The van der Waals surface area contributed by atoms with Gasteiger partial charge in [0.05, 0.1) is 6.54 Å². The highest BCUT2D eigenvalue weighted by molar-refractivity contribution is 5.90. The number of rotatable bonds is 3. The van der Waals surface area contributed by atoms with E-state index in [1.54, 1.807) is 0 Å². The zero-order valence-electron chi connectivity index (χ0n) is 9.87. The van der Waals surface area contributed by atoms with Crippen LogP contribution in [0.5, 0.6) is 11.5 Å². The maximum absolute atomic E-state index is 11.6. The Hall–Kier alpha value is -2.64. The molecule has 0 bridgehead atoms. The lowest BCUT2D eigenvalue weighted by Crippen LogP contribution is -2.41. The summed E-state index contributed by atoms with van der Waals surface area (Å²) in [5.74, 6) is 0.976. The van der Waals surface area contributed by atoms with Crippen LogP contribution in [0.3, 0.4) is 0 Å². The van der Waals surface area contributed by atoms with E-state index in [-0.39, 0.29) is 11.9 Å². The molecule has 1 aliphatic heterocycles. The van der Waals surface area contributed by atoms with Crippen LogP contribution in [0.25, 0.3) is 0 Å². The predicted molar refractivity (Wildman–Crippen MR) is 62.9 cm³/mol. The summed E-state index contributed by atoms with van der Waals surface area (Å²) >= 11 is 0. The van der Waals surface area contributed by atoms with Crippen LogP contribution >= 0.6 is 0 Å². The second kappa shape index (κ2) is 4.92. The molecular weight excluding hydrogens is 250 g/mol. The number of fused-ring (bicyclic) bond motifs is 1. The Bertz CT molecular complexity index is 571. The van der Waals surface area contributed by atoms with Gasteiger partial charge in [0.15, 0.2) is 11.5 Å². The SMILES string of the molecule is O=C(NCC1COc2ccccc2O1)c1nn[nH]n1. The molecule has 1 aliphatic rings. The van der Waals surface area contributed by atoms with Crippen molar-refractivity contribution in [2.75, 3.05) is 13.2 Å². The fraction of sp³-hybridized carbons (Fsp3) is 0.273. The zero-order chi connectivity index (χ0) is 13.1. The molecule has 3 rings (SSSR count). The summed E-state index contributed by atoms with van der Waals surface area (Å²) in [6.07, 6.45) is -0.245. The molecule has 0 saturated heterocycles. The van der Waals surface area contributed by atoms with E-state index in [4.69, 9.17) is 9.47 Å². The van der Waals surface area contributed by atoms with Crippen LogP contribution in [0.15, 0.2) is 24.3 Å². The van der Waals surface area contributed by atoms with Crippen molar-refractivity contribution in [2.45, 2.75) is 6.10 Å². The maximum atomic E-state index is 11.6. The van der Waals surface area contributed by atoms with E-state index in [9.17, 15) is 4.79 Å². The average Bonchev–Trinajstić information content (AvgIpc) is 2.99. The summed E-state index contributed by atoms with van der Waals surface area (Å²) < 4.78 is 11.2. The van der Waals surface area contributed by atoms with Gasteiger partial charge in [-0.15, -0.1) is 10.2 Å². The predicted octanol–water partition coefficient (Wildman–Crippen LogP) is -0.231. The highest BCUT2D eigenvalue weighted by Gasteiger charge is 2.21. The van der Waals surface area contributed by atoms with Crippen LogP contribution in [0, 0.1) is 0 Å². The number of ether oxygens (including phenoxy) is 2. The van der Waals surface area contributed by atoms with Gasteiger partial charge in [-0.25, -0.2) is 0 Å². The van der Waals surface area contributed by atoms with Gasteiger partial charge in [-0.3, -0.25) is 4.79 Å². The van der Waals surface area contributed by atoms with Gasteiger partial charge in [0, 0.05) is 0 Å². The number of H-pyrrole nitrogens is 1. The molecule has 1 unspecified atom stereocenters. The van der Waals surface area contributed by atoms with Crippen molar-refractivity contribution in [1.29, 1.82) is 0 Å². The van der Waals surface area contributed by atoms with Gasteiger partial charge in [0.1, 0.15) is 12.7 Å². The quantitative estimate of drug-likeness (QED) is 0.791.